The van der Waals surface area contributed by atoms with E-state index in [0.717, 1.165) is 54.7 Å². The maximum absolute atomic E-state index is 13.3. The van der Waals surface area contributed by atoms with Crippen LogP contribution < -0.4 is 20.0 Å². The highest BCUT2D eigenvalue weighted by Gasteiger charge is 2.25. The Morgan fingerprint density at radius 1 is 1.03 bits per heavy atom. The minimum atomic E-state index is -0.391. The van der Waals surface area contributed by atoms with Gasteiger partial charge in [-0.15, -0.1) is 0 Å². The first kappa shape index (κ1) is 25.9. The van der Waals surface area contributed by atoms with Gasteiger partial charge >= 0.3 is 0 Å². The molecule has 0 saturated carbocycles. The highest BCUT2D eigenvalue weighted by atomic mass is 32.1. The minimum Gasteiger partial charge on any atom is -0.391 e. The van der Waals surface area contributed by atoms with Crippen LogP contribution in [0.2, 0.25) is 0 Å². The summed E-state index contributed by atoms with van der Waals surface area (Å²) < 4.78 is 6.42. The lowest BCUT2D eigenvalue weighted by molar-refractivity contribution is 0.102. The summed E-state index contributed by atoms with van der Waals surface area (Å²) in [5.41, 5.74) is 1.66. The van der Waals surface area contributed by atoms with E-state index >= 15 is 0 Å². The van der Waals surface area contributed by atoms with E-state index in [2.05, 4.69) is 25.1 Å². The number of thiazole rings is 1. The van der Waals surface area contributed by atoms with Gasteiger partial charge in [0.25, 0.3) is 5.91 Å². The lowest BCUT2D eigenvalue weighted by Gasteiger charge is -2.29. The van der Waals surface area contributed by atoms with Gasteiger partial charge in [-0.1, -0.05) is 11.3 Å². The van der Waals surface area contributed by atoms with Crippen LogP contribution in [0.4, 0.5) is 22.6 Å². The second-order valence-electron chi connectivity index (χ2n) is 9.41. The van der Waals surface area contributed by atoms with Crippen molar-refractivity contribution in [1.29, 1.82) is 0 Å². The number of β-amino-alcohol motifs (C(OH)–C–C–N with tert-alkyl or cyclic N) is 1. The number of aliphatic hydroxyl groups excluding tert-OH is 1. The molecule has 6 rings (SSSR count). The molecule has 0 aliphatic carbocycles. The molecule has 0 bridgehead atoms. The number of nitrogens with one attached hydrogen (secondary N) is 1. The SMILES string of the molecule is O=C(Nc1cc2sc(N3CCOCC3)nc2nc1N1CCCCC1)c1ccnc(N2CC[C@H](O)C2)n1.S. The zero-order valence-corrected chi connectivity index (χ0v) is 22.4. The summed E-state index contributed by atoms with van der Waals surface area (Å²) in [7, 11) is 0. The number of ether oxygens (including phenoxy) is 1. The first-order valence-electron chi connectivity index (χ1n) is 12.6. The van der Waals surface area contributed by atoms with E-state index in [9.17, 15) is 9.90 Å². The summed E-state index contributed by atoms with van der Waals surface area (Å²) >= 11 is 1.59. The Morgan fingerprint density at radius 3 is 2.59 bits per heavy atom. The van der Waals surface area contributed by atoms with Crippen LogP contribution >= 0.6 is 24.8 Å². The Hall–Kier alpha value is -2.74. The van der Waals surface area contributed by atoms with E-state index in [1.807, 2.05) is 11.0 Å². The van der Waals surface area contributed by atoms with Crippen LogP contribution in [-0.2, 0) is 4.74 Å². The minimum absolute atomic E-state index is 0. The van der Waals surface area contributed by atoms with Crippen molar-refractivity contribution in [1.82, 2.24) is 19.9 Å². The Morgan fingerprint density at radius 2 is 1.84 bits per heavy atom. The van der Waals surface area contributed by atoms with Gasteiger partial charge in [-0.2, -0.15) is 18.5 Å². The highest BCUT2D eigenvalue weighted by molar-refractivity contribution is 7.59. The second-order valence-corrected chi connectivity index (χ2v) is 10.4. The van der Waals surface area contributed by atoms with Crippen LogP contribution in [0.5, 0.6) is 0 Å². The van der Waals surface area contributed by atoms with Gasteiger partial charge in [-0.05, 0) is 37.8 Å². The van der Waals surface area contributed by atoms with Crippen molar-refractivity contribution in [3.8, 4) is 0 Å². The number of amides is 1. The Kier molecular flexibility index (Phi) is 7.93. The zero-order chi connectivity index (χ0) is 24.5. The van der Waals surface area contributed by atoms with Crippen molar-refractivity contribution in [2.24, 2.45) is 0 Å². The molecular weight excluding hydrogens is 512 g/mol. The molecule has 3 saturated heterocycles. The van der Waals surface area contributed by atoms with Gasteiger partial charge in [0.15, 0.2) is 16.6 Å². The average Bonchev–Trinajstić information content (AvgIpc) is 3.55. The zero-order valence-electron chi connectivity index (χ0n) is 20.6. The van der Waals surface area contributed by atoms with Crippen molar-refractivity contribution in [2.75, 3.05) is 72.5 Å². The van der Waals surface area contributed by atoms with Crippen molar-refractivity contribution in [3.05, 3.63) is 24.0 Å². The number of fused-ring (bicyclic) bond motifs is 1. The summed E-state index contributed by atoms with van der Waals surface area (Å²) in [6, 6.07) is 3.60. The molecule has 3 aromatic rings. The van der Waals surface area contributed by atoms with Crippen LogP contribution in [0.15, 0.2) is 18.3 Å². The normalized spacial score (nSPS) is 20.2. The maximum atomic E-state index is 13.3. The average molecular weight is 545 g/mol. The lowest BCUT2D eigenvalue weighted by Crippen LogP contribution is -2.36. The Bertz CT molecular complexity index is 1250. The Labute approximate surface area is 226 Å². The molecule has 3 aliphatic heterocycles. The number of hydrogen-bond acceptors (Lipinski definition) is 11. The number of piperidine rings is 1. The number of rotatable bonds is 5. The molecule has 0 aromatic carbocycles. The van der Waals surface area contributed by atoms with Crippen LogP contribution in [-0.4, -0.2) is 89.5 Å². The van der Waals surface area contributed by atoms with E-state index in [0.29, 0.717) is 50.0 Å². The topological polar surface area (TPSA) is 120 Å². The molecule has 1 amide bonds. The number of morpholine rings is 1. The molecule has 37 heavy (non-hydrogen) atoms. The number of aromatic nitrogens is 4. The standard InChI is InChI=1S/C24H30N8O3S.H2S/c33-16-5-9-32(15-16)23-25-6-4-17(27-23)22(34)26-18-14-19-20(28-21(18)30-7-2-1-3-8-30)29-24(36-19)31-10-12-35-13-11-31;/h4,6,14,16,33H,1-3,5,7-13,15H2,(H,26,34);1H2/t16-;/m0./s1. The van der Waals surface area contributed by atoms with E-state index in [4.69, 9.17) is 14.7 Å². The third-order valence-electron chi connectivity index (χ3n) is 6.86. The largest absolute Gasteiger partial charge is 0.391 e. The van der Waals surface area contributed by atoms with Crippen LogP contribution in [0, 0.1) is 0 Å². The fourth-order valence-corrected chi connectivity index (χ4v) is 5.91. The number of anilines is 4. The van der Waals surface area contributed by atoms with Gasteiger partial charge in [-0.3, -0.25) is 4.79 Å². The van der Waals surface area contributed by atoms with Crippen LogP contribution in [0.25, 0.3) is 10.3 Å². The quantitative estimate of drug-likeness (QED) is 0.495. The monoisotopic (exact) mass is 544 g/mol. The molecule has 0 unspecified atom stereocenters. The lowest BCUT2D eigenvalue weighted by atomic mass is 10.1. The van der Waals surface area contributed by atoms with E-state index in [-0.39, 0.29) is 25.1 Å². The van der Waals surface area contributed by atoms with Gasteiger partial charge in [-0.25, -0.2) is 15.0 Å². The van der Waals surface area contributed by atoms with Gasteiger partial charge in [0.2, 0.25) is 5.95 Å². The van der Waals surface area contributed by atoms with Gasteiger partial charge in [0, 0.05) is 45.5 Å². The summed E-state index contributed by atoms with van der Waals surface area (Å²) in [6.45, 7) is 5.96. The molecule has 0 spiro atoms. The van der Waals surface area contributed by atoms with Gasteiger partial charge in [0.1, 0.15) is 5.69 Å². The third-order valence-corrected chi connectivity index (χ3v) is 7.91. The molecule has 3 aromatic heterocycles. The maximum Gasteiger partial charge on any atom is 0.274 e. The molecule has 3 aliphatic rings. The Balaban J connectivity index is 0.00000280. The van der Waals surface area contributed by atoms with Gasteiger partial charge in [0.05, 0.1) is 29.7 Å². The van der Waals surface area contributed by atoms with E-state index in [1.165, 1.54) is 6.42 Å². The first-order chi connectivity index (χ1) is 17.6. The van der Waals surface area contributed by atoms with Crippen LogP contribution in [0.3, 0.4) is 0 Å². The number of carbonyl (C=O) groups excluding carboxylic acids is 1. The predicted octanol–water partition coefficient (Wildman–Crippen LogP) is 2.24. The molecule has 2 N–H and O–H groups in total. The molecule has 13 heteroatoms. The molecule has 11 nitrogen and oxygen atoms in total. The number of carbonyl (C=O) groups is 1. The summed E-state index contributed by atoms with van der Waals surface area (Å²) in [6.07, 6.45) is 5.27. The third kappa shape index (κ3) is 5.59. The highest BCUT2D eigenvalue weighted by Crippen LogP contribution is 2.35. The van der Waals surface area contributed by atoms with Crippen molar-refractivity contribution in [3.63, 3.8) is 0 Å². The molecular formula is C24H32N8O3S2. The first-order valence-corrected chi connectivity index (χ1v) is 13.4. The second kappa shape index (κ2) is 11.3. The summed E-state index contributed by atoms with van der Waals surface area (Å²) in [5, 5.41) is 13.9. The van der Waals surface area contributed by atoms with Crippen molar-refractivity contribution < 1.29 is 14.6 Å². The fraction of sp³-hybridized carbons (Fsp3) is 0.542. The summed E-state index contributed by atoms with van der Waals surface area (Å²) in [4.78, 5) is 38.2. The fourth-order valence-electron chi connectivity index (χ4n) is 4.91. The molecule has 198 valence electrons. The number of pyridine rings is 1. The molecule has 0 radical (unpaired) electrons. The molecule has 1 atom stereocenters. The molecule has 3 fully saturated rings. The summed E-state index contributed by atoms with van der Waals surface area (Å²) in [5.74, 6) is 0.906. The van der Waals surface area contributed by atoms with Crippen molar-refractivity contribution >= 4 is 63.7 Å². The van der Waals surface area contributed by atoms with Crippen molar-refractivity contribution in [2.45, 2.75) is 31.8 Å². The number of hydrogen-bond donors (Lipinski definition) is 2. The molecule has 6 heterocycles. The number of aliphatic hydroxyl groups is 1. The number of nitrogens with zero attached hydrogens (tertiary/aromatic N) is 7. The predicted molar refractivity (Wildman–Crippen MR) is 150 cm³/mol. The van der Waals surface area contributed by atoms with Crippen LogP contribution in [0.1, 0.15) is 36.2 Å². The smallest absolute Gasteiger partial charge is 0.274 e. The van der Waals surface area contributed by atoms with E-state index in [1.54, 1.807) is 23.6 Å². The van der Waals surface area contributed by atoms with Gasteiger partial charge < -0.3 is 29.9 Å². The van der Waals surface area contributed by atoms with E-state index < -0.39 is 6.10 Å².